The molecule has 2 aliphatic carbocycles. The van der Waals surface area contributed by atoms with Crippen molar-refractivity contribution in [3.05, 3.63) is 320 Å². The fraction of sp³-hybridized carbons (Fsp3) is 0. The smallest absolute Gasteiger partial charge is 0.164 e. The fourth-order valence-corrected chi connectivity index (χ4v) is 14.5. The van der Waals surface area contributed by atoms with Gasteiger partial charge in [-0.25, -0.2) is 29.9 Å². The summed E-state index contributed by atoms with van der Waals surface area (Å²) in [4.78, 5) is 32.7. The molecule has 0 amide bonds. The number of nitrogens with one attached hydrogen (secondary N) is 1. The predicted octanol–water partition coefficient (Wildman–Crippen LogP) is 22.1. The summed E-state index contributed by atoms with van der Waals surface area (Å²) in [6.45, 7) is 0. The van der Waals surface area contributed by atoms with Crippen molar-refractivity contribution < 1.29 is 0 Å². The second kappa shape index (κ2) is 24.0. The lowest BCUT2D eigenvalue weighted by atomic mass is 9.99. The number of hydrogen-bond acceptors (Lipinski definition) is 6. The maximum Gasteiger partial charge on any atom is 0.164 e. The van der Waals surface area contributed by atoms with Crippen molar-refractivity contribution in [3.8, 4) is 119 Å². The lowest BCUT2D eigenvalue weighted by molar-refractivity contribution is 1.07. The number of rotatable bonds is 7. The zero-order valence-corrected chi connectivity index (χ0v) is 53.2. The van der Waals surface area contributed by atoms with Crippen LogP contribution in [0.1, 0.15) is 0 Å². The molecule has 18 aromatic rings. The van der Waals surface area contributed by atoms with E-state index in [2.05, 4.69) is 200 Å². The lowest BCUT2D eigenvalue weighted by Gasteiger charge is -2.13. The van der Waals surface area contributed by atoms with Crippen LogP contribution >= 0.6 is 15.9 Å². The molecule has 0 saturated carbocycles. The molecule has 0 saturated heterocycles. The van der Waals surface area contributed by atoms with Gasteiger partial charge in [0.1, 0.15) is 0 Å². The van der Waals surface area contributed by atoms with Crippen LogP contribution in [-0.4, -0.2) is 47.9 Å². The van der Waals surface area contributed by atoms with Gasteiger partial charge in [-0.3, -0.25) is 0 Å². The number of hydrogen-bond donors (Lipinski definition) is 1. The molecule has 96 heavy (non-hydrogen) atoms. The van der Waals surface area contributed by atoms with E-state index in [1.165, 1.54) is 110 Å². The summed E-state index contributed by atoms with van der Waals surface area (Å²) >= 11 is 3.52. The van der Waals surface area contributed by atoms with E-state index in [-0.39, 0.29) is 8.41 Å². The van der Waals surface area contributed by atoms with Crippen LogP contribution in [-0.2, 0) is 0 Å². The molecule has 0 bridgehead atoms. The van der Waals surface area contributed by atoms with Crippen molar-refractivity contribution in [2.24, 2.45) is 0 Å². The summed E-state index contributed by atoms with van der Waals surface area (Å²) in [7, 11) is 0. The van der Waals surface area contributed by atoms with Crippen molar-refractivity contribution >= 4 is 89.5 Å². The number of aromatic nitrogens is 8. The molecule has 1 N–H and O–H groups in total. The van der Waals surface area contributed by atoms with Crippen LogP contribution in [0.15, 0.2) is 320 Å². The van der Waals surface area contributed by atoms with E-state index in [9.17, 15) is 0 Å². The first-order valence-corrected chi connectivity index (χ1v) is 32.6. The third-order valence-corrected chi connectivity index (χ3v) is 18.8. The molecular formula is C86H53BBrN8. The van der Waals surface area contributed by atoms with Crippen molar-refractivity contribution in [2.45, 2.75) is 0 Å². The van der Waals surface area contributed by atoms with Gasteiger partial charge in [0.25, 0.3) is 0 Å². The number of halogens is 1. The zero-order valence-electron chi connectivity index (χ0n) is 51.6. The van der Waals surface area contributed by atoms with Crippen LogP contribution in [0.2, 0.25) is 0 Å². The summed E-state index contributed by atoms with van der Waals surface area (Å²) in [5.41, 5.74) is 22.3. The fourth-order valence-electron chi connectivity index (χ4n) is 14.1. The Morgan fingerprint density at radius 2 is 0.625 bits per heavy atom. The quantitative estimate of drug-likeness (QED) is 0.160. The number of benzene rings is 14. The van der Waals surface area contributed by atoms with Gasteiger partial charge in [-0.1, -0.05) is 283 Å². The van der Waals surface area contributed by atoms with E-state index in [0.717, 1.165) is 43.5 Å². The predicted molar refractivity (Wildman–Crippen MR) is 400 cm³/mol. The van der Waals surface area contributed by atoms with Gasteiger partial charge in [0.2, 0.25) is 0 Å². The van der Waals surface area contributed by atoms with Crippen molar-refractivity contribution in [3.63, 3.8) is 0 Å². The lowest BCUT2D eigenvalue weighted by Crippen LogP contribution is -2.01. The number of aromatic amines is 1. The maximum absolute atomic E-state index is 5.02. The molecule has 14 aromatic carbocycles. The van der Waals surface area contributed by atoms with Gasteiger partial charge in [-0.05, 0) is 104 Å². The van der Waals surface area contributed by atoms with Crippen molar-refractivity contribution in [1.82, 2.24) is 39.5 Å². The average molecular weight is 1290 g/mol. The van der Waals surface area contributed by atoms with Crippen molar-refractivity contribution in [1.29, 1.82) is 0 Å². The first kappa shape index (κ1) is 57.6. The summed E-state index contributed by atoms with van der Waals surface area (Å²) in [5.74, 6) is 3.95. The van der Waals surface area contributed by atoms with Crippen LogP contribution in [0.5, 0.6) is 0 Å². The maximum atomic E-state index is 5.02. The number of nitrogens with zero attached hydrogens (tertiary/aromatic N) is 7. The first-order valence-electron chi connectivity index (χ1n) is 31.8. The summed E-state index contributed by atoms with van der Waals surface area (Å²) < 4.78 is 3.41. The van der Waals surface area contributed by atoms with Crippen LogP contribution in [0.3, 0.4) is 0 Å². The Balaban J connectivity index is 0.000000120. The minimum atomic E-state index is 0. The highest BCUT2D eigenvalue weighted by molar-refractivity contribution is 9.10. The standard InChI is InChI=1S/C43H26N4.C22H13N.C21H14BrN3.B/c1-3-13-27(14-4-1)41-44-42(28-15-5-2-6-16-28)46-43(45-41)29-17-11-18-30(25-29)47-38-24-10-9-21-33(38)37-26-36-32-20-8-7-19-31(32)34-22-12-23-35(39(34)36)40(37)47;1-2-7-14-13(6-1)16-9-5-10-17-21(16)18(14)12-19-15-8-3-4-11-20(15)23-22(17)19;22-18-13-7-12-17(14-18)21-24-19(15-8-3-1-4-9-15)23-20(25-21)16-10-5-2-6-11-16;/h1-26H;1-12,23H;1-14H;. The van der Waals surface area contributed by atoms with Crippen LogP contribution in [0, 0.1) is 0 Å². The molecule has 0 spiro atoms. The third kappa shape index (κ3) is 9.93. The first-order chi connectivity index (χ1) is 47.0. The molecule has 20 rings (SSSR count). The Bertz CT molecular complexity index is 5940. The minimum Gasteiger partial charge on any atom is -0.354 e. The largest absolute Gasteiger partial charge is 0.354 e. The van der Waals surface area contributed by atoms with E-state index in [1.54, 1.807) is 0 Å². The Labute approximate surface area is 563 Å². The van der Waals surface area contributed by atoms with E-state index in [1.807, 2.05) is 146 Å². The van der Waals surface area contributed by atoms with Crippen LogP contribution < -0.4 is 0 Å². The van der Waals surface area contributed by atoms with Gasteiger partial charge >= 0.3 is 0 Å². The Morgan fingerprint density at radius 3 is 1.15 bits per heavy atom. The highest BCUT2D eigenvalue weighted by Gasteiger charge is 2.27. The normalized spacial score (nSPS) is 11.5. The van der Waals surface area contributed by atoms with Gasteiger partial charge in [0, 0.05) is 89.8 Å². The van der Waals surface area contributed by atoms with Gasteiger partial charge in [0.15, 0.2) is 34.9 Å². The van der Waals surface area contributed by atoms with E-state index >= 15 is 0 Å². The molecule has 0 unspecified atom stereocenters. The molecule has 10 heteroatoms. The monoisotopic (exact) mass is 1290 g/mol. The summed E-state index contributed by atoms with van der Waals surface area (Å²) in [6.07, 6.45) is 0. The molecular weight excluding hydrogens is 1240 g/mol. The van der Waals surface area contributed by atoms with Gasteiger partial charge in [-0.2, -0.15) is 0 Å². The number of para-hydroxylation sites is 2. The SMILES string of the molecule is Brc1cccc(-c2nc(-c3ccccc3)nc(-c3ccccc3)n2)c1.[B].c1ccc(-c2nc(-c3ccccc3)nc(-c3cccc(-n4c5ccccc5c5cc6c7c(cccc7c54)-c4ccccc4-6)c3)n2)cc1.c1ccc2c(c1)-c1cccc3c1c-2cc1c2ccccc2[nH]c31. The average Bonchev–Trinajstić information content (AvgIpc) is 1.52. The van der Waals surface area contributed by atoms with Crippen LogP contribution in [0.25, 0.3) is 184 Å². The number of fused-ring (bicyclic) bond motifs is 14. The Kier molecular flexibility index (Phi) is 14.4. The van der Waals surface area contributed by atoms with Gasteiger partial charge in [0.05, 0.1) is 16.6 Å². The topological polar surface area (TPSA) is 98.1 Å². The number of H-pyrrole nitrogens is 1. The second-order valence-corrected chi connectivity index (χ2v) is 24.8. The van der Waals surface area contributed by atoms with E-state index in [4.69, 9.17) is 24.9 Å². The van der Waals surface area contributed by atoms with Gasteiger partial charge < -0.3 is 9.55 Å². The van der Waals surface area contributed by atoms with Crippen LogP contribution in [0.4, 0.5) is 0 Å². The Morgan fingerprint density at radius 1 is 0.260 bits per heavy atom. The highest BCUT2D eigenvalue weighted by Crippen LogP contribution is 2.52. The second-order valence-electron chi connectivity index (χ2n) is 23.9. The highest BCUT2D eigenvalue weighted by atomic mass is 79.9. The molecule has 2 aliphatic rings. The molecule has 447 valence electrons. The van der Waals surface area contributed by atoms with E-state index < -0.39 is 0 Å². The molecule has 0 atom stereocenters. The molecule has 8 nitrogen and oxygen atoms in total. The molecule has 4 aromatic heterocycles. The third-order valence-electron chi connectivity index (χ3n) is 18.3. The Hall–Kier alpha value is -12.2. The zero-order chi connectivity index (χ0) is 62.9. The molecule has 0 fully saturated rings. The molecule has 0 aliphatic heterocycles. The van der Waals surface area contributed by atoms with Crippen molar-refractivity contribution in [2.75, 3.05) is 0 Å². The van der Waals surface area contributed by atoms with Gasteiger partial charge in [-0.15, -0.1) is 0 Å². The summed E-state index contributed by atoms with van der Waals surface area (Å²) in [6, 6.07) is 110. The molecule has 4 heterocycles. The van der Waals surface area contributed by atoms with E-state index in [0.29, 0.717) is 34.9 Å². The molecule has 3 radical (unpaired) electrons. The summed E-state index contributed by atoms with van der Waals surface area (Å²) in [5, 5.41) is 10.4. The minimum absolute atomic E-state index is 0.